The molecule has 1 aliphatic carbocycles. The number of alkyl halides is 3. The molecular formula is C28H29F3N6O3. The molecule has 12 heteroatoms. The highest BCUT2D eigenvalue weighted by atomic mass is 19.4. The molecule has 40 heavy (non-hydrogen) atoms. The van der Waals surface area contributed by atoms with Crippen LogP contribution < -0.4 is 10.6 Å². The Balaban J connectivity index is 1.62. The predicted molar refractivity (Wildman–Crippen MR) is 143 cm³/mol. The first kappa shape index (κ1) is 27.4. The van der Waals surface area contributed by atoms with E-state index in [1.54, 1.807) is 4.57 Å². The van der Waals surface area contributed by atoms with E-state index in [2.05, 4.69) is 25.6 Å². The van der Waals surface area contributed by atoms with Gasteiger partial charge in [0.05, 0.1) is 24.8 Å². The third-order valence-electron chi connectivity index (χ3n) is 7.33. The van der Waals surface area contributed by atoms with Crippen LogP contribution in [-0.4, -0.2) is 48.4 Å². The van der Waals surface area contributed by atoms with Gasteiger partial charge < -0.3 is 25.4 Å². The minimum absolute atomic E-state index is 0.00571. The molecule has 4 aromatic rings. The number of benzene rings is 2. The monoisotopic (exact) mass is 554 g/mol. The molecule has 0 radical (unpaired) electrons. The Hall–Kier alpha value is -4.19. The van der Waals surface area contributed by atoms with Crippen LogP contribution in [0.15, 0.2) is 54.6 Å². The molecule has 1 saturated carbocycles. The lowest BCUT2D eigenvalue weighted by Crippen LogP contribution is -2.31. The second-order valence-electron chi connectivity index (χ2n) is 10.0. The summed E-state index contributed by atoms with van der Waals surface area (Å²) < 4.78 is 41.2. The van der Waals surface area contributed by atoms with Crippen molar-refractivity contribution in [2.45, 2.75) is 51.0 Å². The van der Waals surface area contributed by atoms with Crippen LogP contribution in [0, 0.1) is 5.92 Å². The standard InChI is InChI=1S/C28H29F3N6O3/c1-16(18-8-5-9-18)32-23-22-24(35-25(34-23)26(39)40)36-27(33-21(15-38)19-6-3-2-4-7-19)37(22)14-17-10-12-20(13-11-17)28(29,30)31/h2-4,6-7,10-13,16,18,21,38H,5,8-9,14-15H2,1H3,(H,39,40)(H2,32,33,34,35,36)/t16-,21?/m1/s1. The summed E-state index contributed by atoms with van der Waals surface area (Å²) in [5, 5.41) is 26.4. The van der Waals surface area contributed by atoms with Crippen LogP contribution in [0.1, 0.15) is 59.5 Å². The van der Waals surface area contributed by atoms with Gasteiger partial charge in [-0.3, -0.25) is 0 Å². The fourth-order valence-electron chi connectivity index (χ4n) is 4.83. The van der Waals surface area contributed by atoms with Gasteiger partial charge in [0.2, 0.25) is 11.8 Å². The van der Waals surface area contributed by atoms with Crippen LogP contribution in [0.3, 0.4) is 0 Å². The van der Waals surface area contributed by atoms with Crippen LogP contribution in [0.2, 0.25) is 0 Å². The van der Waals surface area contributed by atoms with Crippen LogP contribution in [0.25, 0.3) is 11.2 Å². The highest BCUT2D eigenvalue weighted by Crippen LogP contribution is 2.34. The zero-order valence-electron chi connectivity index (χ0n) is 21.7. The molecule has 1 aliphatic rings. The summed E-state index contributed by atoms with van der Waals surface area (Å²) in [5.74, 6) is -0.809. The number of hydrogen-bond acceptors (Lipinski definition) is 7. The number of carbonyl (C=O) groups is 1. The third-order valence-corrected chi connectivity index (χ3v) is 7.33. The Morgan fingerprint density at radius 1 is 1.05 bits per heavy atom. The van der Waals surface area contributed by atoms with Gasteiger partial charge in [0.1, 0.15) is 5.52 Å². The molecule has 210 valence electrons. The molecule has 5 rings (SSSR count). The van der Waals surface area contributed by atoms with E-state index in [1.165, 1.54) is 12.1 Å². The topological polar surface area (TPSA) is 125 Å². The van der Waals surface area contributed by atoms with Crippen LogP contribution >= 0.6 is 0 Å². The number of anilines is 2. The summed E-state index contributed by atoms with van der Waals surface area (Å²) in [6, 6.07) is 13.4. The Morgan fingerprint density at radius 2 is 1.75 bits per heavy atom. The summed E-state index contributed by atoms with van der Waals surface area (Å²) in [7, 11) is 0. The fraction of sp³-hybridized carbons (Fsp3) is 0.357. The van der Waals surface area contributed by atoms with E-state index in [0.29, 0.717) is 17.0 Å². The van der Waals surface area contributed by atoms with Gasteiger partial charge in [-0.05, 0) is 48.9 Å². The molecule has 2 atom stereocenters. The second kappa shape index (κ2) is 11.1. The summed E-state index contributed by atoms with van der Waals surface area (Å²) in [6.45, 7) is 1.82. The van der Waals surface area contributed by atoms with Crippen molar-refractivity contribution in [2.24, 2.45) is 5.92 Å². The smallest absolute Gasteiger partial charge is 0.416 e. The maximum absolute atomic E-state index is 13.2. The van der Waals surface area contributed by atoms with Crippen LogP contribution in [0.5, 0.6) is 0 Å². The van der Waals surface area contributed by atoms with Crippen molar-refractivity contribution in [3.05, 3.63) is 77.1 Å². The van der Waals surface area contributed by atoms with Gasteiger partial charge in [-0.25, -0.2) is 14.8 Å². The Labute approximate surface area is 228 Å². The molecular weight excluding hydrogens is 525 g/mol. The van der Waals surface area contributed by atoms with Crippen molar-refractivity contribution < 1.29 is 28.2 Å². The van der Waals surface area contributed by atoms with Crippen LogP contribution in [0.4, 0.5) is 24.9 Å². The summed E-state index contributed by atoms with van der Waals surface area (Å²) in [5.41, 5.74) is 1.09. The van der Waals surface area contributed by atoms with E-state index in [0.717, 1.165) is 37.0 Å². The van der Waals surface area contributed by atoms with E-state index < -0.39 is 29.6 Å². The lowest BCUT2D eigenvalue weighted by molar-refractivity contribution is -0.137. The SMILES string of the molecule is C[C@@H](Nc1nc(C(=O)O)nc2nc(NC(CO)c3ccccc3)n(Cc3ccc(C(F)(F)F)cc3)c12)C1CCC1. The number of nitrogens with zero attached hydrogens (tertiary/aromatic N) is 4. The van der Waals surface area contributed by atoms with Crippen molar-refractivity contribution in [2.75, 3.05) is 17.2 Å². The Bertz CT molecular complexity index is 1490. The summed E-state index contributed by atoms with van der Waals surface area (Å²) >= 11 is 0. The first-order chi connectivity index (χ1) is 19.1. The number of imidazole rings is 1. The van der Waals surface area contributed by atoms with Crippen molar-refractivity contribution >= 4 is 28.9 Å². The average Bonchev–Trinajstić information content (AvgIpc) is 3.23. The number of aromatic nitrogens is 4. The number of carboxylic acids is 1. The van der Waals surface area contributed by atoms with Crippen LogP contribution in [-0.2, 0) is 12.7 Å². The van der Waals surface area contributed by atoms with E-state index in [9.17, 15) is 28.2 Å². The average molecular weight is 555 g/mol. The summed E-state index contributed by atoms with van der Waals surface area (Å²) in [6.07, 6.45) is -1.26. The zero-order chi connectivity index (χ0) is 28.4. The number of aliphatic hydroxyl groups excluding tert-OH is 1. The van der Waals surface area contributed by atoms with E-state index in [4.69, 9.17) is 0 Å². The third kappa shape index (κ3) is 5.71. The zero-order valence-corrected chi connectivity index (χ0v) is 21.7. The molecule has 4 N–H and O–H groups in total. The summed E-state index contributed by atoms with van der Waals surface area (Å²) in [4.78, 5) is 24.9. The van der Waals surface area contributed by atoms with Gasteiger partial charge in [-0.15, -0.1) is 0 Å². The Kier molecular flexibility index (Phi) is 7.61. The number of halogens is 3. The normalized spacial score (nSPS) is 15.4. The van der Waals surface area contributed by atoms with Crippen molar-refractivity contribution in [3.8, 4) is 0 Å². The van der Waals surface area contributed by atoms with Gasteiger partial charge in [0.15, 0.2) is 11.5 Å². The highest BCUT2D eigenvalue weighted by Gasteiger charge is 2.31. The molecule has 9 nitrogen and oxygen atoms in total. The molecule has 1 fully saturated rings. The van der Waals surface area contributed by atoms with Crippen molar-refractivity contribution in [3.63, 3.8) is 0 Å². The van der Waals surface area contributed by atoms with Gasteiger partial charge in [0.25, 0.3) is 0 Å². The molecule has 2 aromatic carbocycles. The lowest BCUT2D eigenvalue weighted by Gasteiger charge is -2.32. The molecule has 0 bridgehead atoms. The highest BCUT2D eigenvalue weighted by molar-refractivity contribution is 5.91. The maximum Gasteiger partial charge on any atom is 0.416 e. The van der Waals surface area contributed by atoms with Gasteiger partial charge in [-0.1, -0.05) is 48.9 Å². The fourth-order valence-corrected chi connectivity index (χ4v) is 4.83. The minimum atomic E-state index is -4.47. The van der Waals surface area contributed by atoms with Crippen molar-refractivity contribution in [1.29, 1.82) is 0 Å². The molecule has 0 spiro atoms. The Morgan fingerprint density at radius 3 is 2.33 bits per heavy atom. The number of nitrogens with one attached hydrogen (secondary N) is 2. The molecule has 1 unspecified atom stereocenters. The number of rotatable bonds is 10. The minimum Gasteiger partial charge on any atom is -0.475 e. The first-order valence-corrected chi connectivity index (χ1v) is 13.0. The quantitative estimate of drug-likeness (QED) is 0.207. The number of aliphatic hydroxyl groups is 1. The largest absolute Gasteiger partial charge is 0.475 e. The van der Waals surface area contributed by atoms with Gasteiger partial charge in [0, 0.05) is 6.04 Å². The second-order valence-corrected chi connectivity index (χ2v) is 10.0. The molecule has 0 amide bonds. The van der Waals surface area contributed by atoms with Gasteiger partial charge in [-0.2, -0.15) is 18.2 Å². The maximum atomic E-state index is 13.2. The lowest BCUT2D eigenvalue weighted by atomic mass is 9.80. The predicted octanol–water partition coefficient (Wildman–Crippen LogP) is 5.34. The number of aromatic carboxylic acids is 1. The van der Waals surface area contributed by atoms with Gasteiger partial charge >= 0.3 is 12.1 Å². The number of carboxylic acid groups (broad SMARTS) is 1. The molecule has 2 aromatic heterocycles. The number of fused-ring (bicyclic) bond motifs is 1. The molecule has 0 saturated heterocycles. The molecule has 0 aliphatic heterocycles. The van der Waals surface area contributed by atoms with Crippen molar-refractivity contribution in [1.82, 2.24) is 19.5 Å². The molecule has 2 heterocycles. The first-order valence-electron chi connectivity index (χ1n) is 13.0. The van der Waals surface area contributed by atoms with E-state index in [-0.39, 0.29) is 36.6 Å². The van der Waals surface area contributed by atoms with E-state index >= 15 is 0 Å². The van der Waals surface area contributed by atoms with E-state index in [1.807, 2.05) is 37.3 Å². The number of hydrogen-bond donors (Lipinski definition) is 4.